The Hall–Kier alpha value is -0.0400. The van der Waals surface area contributed by atoms with Crippen LogP contribution in [0.4, 0.5) is 0 Å². The van der Waals surface area contributed by atoms with Gasteiger partial charge in [-0.1, -0.05) is 33.1 Å². The first-order chi connectivity index (χ1) is 4.64. The summed E-state index contributed by atoms with van der Waals surface area (Å²) >= 11 is 0. The highest BCUT2D eigenvalue weighted by atomic mass is 14.9. The van der Waals surface area contributed by atoms with Gasteiger partial charge in [0.05, 0.1) is 0 Å². The van der Waals surface area contributed by atoms with Crippen molar-refractivity contribution >= 4 is 0 Å². The molecule has 0 bridgehead atoms. The molecule has 0 heterocycles. The predicted molar refractivity (Wildman–Crippen MR) is 42.6 cm³/mol. The molecule has 0 aromatic heterocycles. The summed E-state index contributed by atoms with van der Waals surface area (Å²) < 4.78 is 0. The molecule has 2 N–H and O–H groups in total. The Labute approximate surface area is 63.0 Å². The molecule has 2 aliphatic carbocycles. The second kappa shape index (κ2) is 1.76. The van der Waals surface area contributed by atoms with Gasteiger partial charge < -0.3 is 5.73 Å². The molecule has 2 atom stereocenters. The second-order valence-corrected chi connectivity index (χ2v) is 4.56. The van der Waals surface area contributed by atoms with Crippen LogP contribution in [-0.2, 0) is 0 Å². The average Bonchev–Trinajstić information content (AvgIpc) is 2.13. The molecular formula is C9H17N. The van der Waals surface area contributed by atoms with Crippen LogP contribution in [0.25, 0.3) is 0 Å². The van der Waals surface area contributed by atoms with Crippen LogP contribution in [-0.4, -0.2) is 6.04 Å². The highest BCUT2D eigenvalue weighted by Crippen LogP contribution is 2.59. The molecule has 2 aliphatic rings. The minimum Gasteiger partial charge on any atom is -0.327 e. The highest BCUT2D eigenvalue weighted by molar-refractivity contribution is 5.12. The van der Waals surface area contributed by atoms with Gasteiger partial charge in [0.2, 0.25) is 0 Å². The summed E-state index contributed by atoms with van der Waals surface area (Å²) in [6, 6.07) is 0.512. The Balaban J connectivity index is 1.97. The molecule has 58 valence electrons. The summed E-state index contributed by atoms with van der Waals surface area (Å²) in [6.07, 6.45) is 4.34. The number of rotatable bonds is 1. The molecule has 10 heavy (non-hydrogen) atoms. The summed E-state index contributed by atoms with van der Waals surface area (Å²) in [5, 5.41) is 0. The van der Waals surface area contributed by atoms with E-state index < -0.39 is 0 Å². The van der Waals surface area contributed by atoms with Crippen LogP contribution >= 0.6 is 0 Å². The maximum absolute atomic E-state index is 5.95. The molecule has 2 fully saturated rings. The molecule has 0 amide bonds. The third-order valence-electron chi connectivity index (χ3n) is 3.65. The van der Waals surface area contributed by atoms with Crippen LogP contribution in [0.1, 0.15) is 33.1 Å². The third-order valence-corrected chi connectivity index (χ3v) is 3.65. The number of hydrogen-bond acceptors (Lipinski definition) is 1. The maximum atomic E-state index is 5.95. The molecule has 0 aliphatic heterocycles. The standard InChI is InChI=1S/C9H17N/c1-9(2)7(8(9)10)6-4-3-5-6/h6-8H,3-5,10H2,1-2H3/t7-,8-/m0/s1. The van der Waals surface area contributed by atoms with Crippen molar-refractivity contribution < 1.29 is 0 Å². The fourth-order valence-corrected chi connectivity index (χ4v) is 2.42. The van der Waals surface area contributed by atoms with E-state index in [0.717, 1.165) is 11.8 Å². The fourth-order valence-electron chi connectivity index (χ4n) is 2.42. The van der Waals surface area contributed by atoms with Crippen molar-refractivity contribution in [1.29, 1.82) is 0 Å². The molecule has 2 rings (SSSR count). The Morgan fingerprint density at radius 1 is 1.30 bits per heavy atom. The van der Waals surface area contributed by atoms with Crippen LogP contribution in [0.5, 0.6) is 0 Å². The van der Waals surface area contributed by atoms with Crippen molar-refractivity contribution in [1.82, 2.24) is 0 Å². The van der Waals surface area contributed by atoms with Crippen molar-refractivity contribution in [3.63, 3.8) is 0 Å². The second-order valence-electron chi connectivity index (χ2n) is 4.56. The van der Waals surface area contributed by atoms with Crippen molar-refractivity contribution in [3.05, 3.63) is 0 Å². The Morgan fingerprint density at radius 2 is 1.80 bits per heavy atom. The lowest BCUT2D eigenvalue weighted by molar-refractivity contribution is 0.247. The van der Waals surface area contributed by atoms with Gasteiger partial charge >= 0.3 is 0 Å². The van der Waals surface area contributed by atoms with Gasteiger partial charge in [-0.15, -0.1) is 0 Å². The van der Waals surface area contributed by atoms with Gasteiger partial charge in [0, 0.05) is 6.04 Å². The third kappa shape index (κ3) is 0.672. The Kier molecular flexibility index (Phi) is 1.17. The van der Waals surface area contributed by atoms with Crippen molar-refractivity contribution in [2.24, 2.45) is 23.0 Å². The quantitative estimate of drug-likeness (QED) is 0.588. The normalized spacial score (nSPS) is 44.7. The summed E-state index contributed by atoms with van der Waals surface area (Å²) in [5.41, 5.74) is 6.43. The van der Waals surface area contributed by atoms with Gasteiger partial charge in [-0.3, -0.25) is 0 Å². The van der Waals surface area contributed by atoms with Gasteiger partial charge in [-0.25, -0.2) is 0 Å². The SMILES string of the molecule is CC1(C)[C@@H](N)[C@@H]1C1CCC1. The van der Waals surface area contributed by atoms with E-state index in [1.165, 1.54) is 19.3 Å². The van der Waals surface area contributed by atoms with Crippen LogP contribution in [0.15, 0.2) is 0 Å². The van der Waals surface area contributed by atoms with Crippen LogP contribution in [0.2, 0.25) is 0 Å². The molecule has 1 heteroatoms. The molecule has 0 spiro atoms. The fraction of sp³-hybridized carbons (Fsp3) is 1.00. The van der Waals surface area contributed by atoms with Gasteiger partial charge in [-0.2, -0.15) is 0 Å². The number of nitrogens with two attached hydrogens (primary N) is 1. The topological polar surface area (TPSA) is 26.0 Å². The summed E-state index contributed by atoms with van der Waals surface area (Å²) in [6.45, 7) is 4.61. The molecule has 0 radical (unpaired) electrons. The highest BCUT2D eigenvalue weighted by Gasteiger charge is 2.59. The first-order valence-corrected chi connectivity index (χ1v) is 4.39. The van der Waals surface area contributed by atoms with E-state index in [-0.39, 0.29) is 0 Å². The summed E-state index contributed by atoms with van der Waals surface area (Å²) in [4.78, 5) is 0. The zero-order valence-electron chi connectivity index (χ0n) is 6.93. The molecule has 0 aromatic carbocycles. The molecule has 2 saturated carbocycles. The lowest BCUT2D eigenvalue weighted by Crippen LogP contribution is -2.17. The smallest absolute Gasteiger partial charge is 0.0130 e. The van der Waals surface area contributed by atoms with Crippen molar-refractivity contribution in [3.8, 4) is 0 Å². The molecular weight excluding hydrogens is 122 g/mol. The van der Waals surface area contributed by atoms with E-state index in [4.69, 9.17) is 5.73 Å². The summed E-state index contributed by atoms with van der Waals surface area (Å²) in [5.74, 6) is 1.85. The summed E-state index contributed by atoms with van der Waals surface area (Å²) in [7, 11) is 0. The average molecular weight is 139 g/mol. The van der Waals surface area contributed by atoms with Gasteiger partial charge in [0.25, 0.3) is 0 Å². The zero-order valence-corrected chi connectivity index (χ0v) is 6.93. The van der Waals surface area contributed by atoms with Crippen LogP contribution in [0, 0.1) is 17.3 Å². The van der Waals surface area contributed by atoms with E-state index in [0.29, 0.717) is 11.5 Å². The van der Waals surface area contributed by atoms with Crippen molar-refractivity contribution in [2.75, 3.05) is 0 Å². The molecule has 0 aromatic rings. The zero-order chi connectivity index (χ0) is 7.35. The molecule has 1 nitrogen and oxygen atoms in total. The van der Waals surface area contributed by atoms with Crippen LogP contribution < -0.4 is 5.73 Å². The minimum absolute atomic E-state index is 0.477. The monoisotopic (exact) mass is 139 g/mol. The number of hydrogen-bond donors (Lipinski definition) is 1. The first kappa shape index (κ1) is 6.66. The lowest BCUT2D eigenvalue weighted by Gasteiger charge is -2.26. The van der Waals surface area contributed by atoms with E-state index in [1.54, 1.807) is 0 Å². The van der Waals surface area contributed by atoms with Crippen molar-refractivity contribution in [2.45, 2.75) is 39.2 Å². The van der Waals surface area contributed by atoms with Gasteiger partial charge in [0.15, 0.2) is 0 Å². The Bertz CT molecular complexity index is 147. The Morgan fingerprint density at radius 3 is 1.90 bits per heavy atom. The van der Waals surface area contributed by atoms with E-state index in [9.17, 15) is 0 Å². The largest absolute Gasteiger partial charge is 0.327 e. The molecule has 0 saturated heterocycles. The predicted octanol–water partition coefficient (Wildman–Crippen LogP) is 1.77. The van der Waals surface area contributed by atoms with Crippen LogP contribution in [0.3, 0.4) is 0 Å². The lowest BCUT2D eigenvalue weighted by atomic mass is 9.79. The van der Waals surface area contributed by atoms with Gasteiger partial charge in [-0.05, 0) is 17.3 Å². The van der Waals surface area contributed by atoms with Gasteiger partial charge in [0.1, 0.15) is 0 Å². The maximum Gasteiger partial charge on any atom is 0.0130 e. The van der Waals surface area contributed by atoms with E-state index in [1.807, 2.05) is 0 Å². The first-order valence-electron chi connectivity index (χ1n) is 4.39. The van der Waals surface area contributed by atoms with E-state index in [2.05, 4.69) is 13.8 Å². The molecule has 0 unspecified atom stereocenters. The minimum atomic E-state index is 0.477. The van der Waals surface area contributed by atoms with E-state index >= 15 is 0 Å².